The van der Waals surface area contributed by atoms with E-state index in [9.17, 15) is 14.4 Å². The van der Waals surface area contributed by atoms with Gasteiger partial charge in [0.1, 0.15) is 23.5 Å². The molecule has 3 rings (SSSR count). The molecule has 18 heavy (non-hydrogen) atoms. The molecule has 6 nitrogen and oxygen atoms in total. The van der Waals surface area contributed by atoms with Gasteiger partial charge in [-0.05, 0) is 19.8 Å². The summed E-state index contributed by atoms with van der Waals surface area (Å²) in [5.41, 5.74) is -1.93. The number of esters is 3. The van der Waals surface area contributed by atoms with Crippen LogP contribution in [0.25, 0.3) is 0 Å². The van der Waals surface area contributed by atoms with Gasteiger partial charge in [0.25, 0.3) is 0 Å². The van der Waals surface area contributed by atoms with E-state index in [0.717, 1.165) is 0 Å². The number of carbonyl (C=O) groups excluding carboxylic acids is 3. The lowest BCUT2D eigenvalue weighted by atomic mass is 9.62. The highest BCUT2D eigenvalue weighted by Crippen LogP contribution is 2.62. The Morgan fingerprint density at radius 3 is 2.89 bits per heavy atom. The fourth-order valence-corrected chi connectivity index (χ4v) is 3.49. The molecule has 0 amide bonds. The number of hydrogen-bond donors (Lipinski definition) is 0. The SMILES string of the molecule is CC(=O)OC[C@@]12CC[C@@H](O1)[C@@H]1C(=O)OC(=O)[C@@]12C. The molecule has 3 saturated heterocycles. The van der Waals surface area contributed by atoms with E-state index in [2.05, 4.69) is 0 Å². The Labute approximate surface area is 104 Å². The number of ether oxygens (including phenoxy) is 3. The molecule has 3 aliphatic heterocycles. The predicted octanol–water partition coefficient (Wildman–Crippen LogP) is 0.187. The van der Waals surface area contributed by atoms with Crippen molar-refractivity contribution in [3.05, 3.63) is 0 Å². The molecule has 0 aromatic carbocycles. The number of hydrogen-bond acceptors (Lipinski definition) is 6. The van der Waals surface area contributed by atoms with Crippen molar-refractivity contribution in [2.45, 2.75) is 38.4 Å². The Kier molecular flexibility index (Phi) is 2.15. The summed E-state index contributed by atoms with van der Waals surface area (Å²) in [5.74, 6) is -2.07. The van der Waals surface area contributed by atoms with Gasteiger partial charge in [0.05, 0.1) is 6.10 Å². The standard InChI is InChI=1S/C12H14O6/c1-6(13)16-5-12-4-3-7(18-12)8-9(14)17-10(15)11(8,12)2/h7-8H,3-5H2,1-2H3/t7-,8-,11-,12-/m1/s1. The van der Waals surface area contributed by atoms with Crippen molar-refractivity contribution in [1.82, 2.24) is 0 Å². The van der Waals surface area contributed by atoms with E-state index in [0.29, 0.717) is 12.8 Å². The molecule has 6 heteroatoms. The van der Waals surface area contributed by atoms with Gasteiger partial charge in [-0.1, -0.05) is 0 Å². The topological polar surface area (TPSA) is 78.9 Å². The van der Waals surface area contributed by atoms with Crippen molar-refractivity contribution in [2.24, 2.45) is 11.3 Å². The van der Waals surface area contributed by atoms with Crippen molar-refractivity contribution < 1.29 is 28.6 Å². The second-order valence-electron chi connectivity index (χ2n) is 5.36. The molecule has 0 aromatic heterocycles. The van der Waals surface area contributed by atoms with Gasteiger partial charge in [-0.2, -0.15) is 0 Å². The normalized spacial score (nSPS) is 45.0. The highest BCUT2D eigenvalue weighted by atomic mass is 16.6. The van der Waals surface area contributed by atoms with E-state index in [1.54, 1.807) is 6.92 Å². The summed E-state index contributed by atoms with van der Waals surface area (Å²) >= 11 is 0. The van der Waals surface area contributed by atoms with Crippen LogP contribution in [0, 0.1) is 11.3 Å². The lowest BCUT2D eigenvalue weighted by Gasteiger charge is -2.37. The quantitative estimate of drug-likeness (QED) is 0.517. The molecule has 3 aliphatic rings. The first-order chi connectivity index (χ1) is 8.41. The van der Waals surface area contributed by atoms with Crippen LogP contribution in [0.4, 0.5) is 0 Å². The third kappa shape index (κ3) is 1.14. The highest BCUT2D eigenvalue weighted by molar-refractivity contribution is 6.01. The van der Waals surface area contributed by atoms with Gasteiger partial charge in [0, 0.05) is 6.92 Å². The van der Waals surface area contributed by atoms with E-state index >= 15 is 0 Å². The van der Waals surface area contributed by atoms with Gasteiger partial charge in [-0.25, -0.2) is 0 Å². The van der Waals surface area contributed by atoms with Crippen molar-refractivity contribution in [2.75, 3.05) is 6.61 Å². The summed E-state index contributed by atoms with van der Waals surface area (Å²) in [6.45, 7) is 2.97. The fraction of sp³-hybridized carbons (Fsp3) is 0.750. The molecule has 0 aromatic rings. The minimum absolute atomic E-state index is 0.00574. The lowest BCUT2D eigenvalue weighted by molar-refractivity contribution is -0.171. The minimum atomic E-state index is -1.03. The Bertz CT molecular complexity index is 457. The van der Waals surface area contributed by atoms with Gasteiger partial charge in [-0.3, -0.25) is 14.4 Å². The second-order valence-corrected chi connectivity index (χ2v) is 5.36. The van der Waals surface area contributed by atoms with Crippen LogP contribution < -0.4 is 0 Å². The molecular formula is C12H14O6. The largest absolute Gasteiger partial charge is 0.463 e. The summed E-state index contributed by atoms with van der Waals surface area (Å²) in [5, 5.41) is 0. The first-order valence-corrected chi connectivity index (χ1v) is 5.98. The van der Waals surface area contributed by atoms with Gasteiger partial charge in [0.15, 0.2) is 0 Å². The van der Waals surface area contributed by atoms with Gasteiger partial charge in [-0.15, -0.1) is 0 Å². The Hall–Kier alpha value is -1.43. The van der Waals surface area contributed by atoms with E-state index in [1.807, 2.05) is 0 Å². The van der Waals surface area contributed by atoms with Crippen LogP contribution in [-0.4, -0.2) is 36.2 Å². The highest BCUT2D eigenvalue weighted by Gasteiger charge is 2.76. The van der Waals surface area contributed by atoms with Crippen LogP contribution >= 0.6 is 0 Å². The van der Waals surface area contributed by atoms with Crippen LogP contribution in [0.2, 0.25) is 0 Å². The third-order valence-electron chi connectivity index (χ3n) is 4.53. The molecule has 0 unspecified atom stereocenters. The molecule has 0 spiro atoms. The summed E-state index contributed by atoms with van der Waals surface area (Å²) in [7, 11) is 0. The second kappa shape index (κ2) is 3.32. The average molecular weight is 254 g/mol. The predicted molar refractivity (Wildman–Crippen MR) is 56.2 cm³/mol. The van der Waals surface area contributed by atoms with Crippen molar-refractivity contribution in [3.63, 3.8) is 0 Å². The fourth-order valence-electron chi connectivity index (χ4n) is 3.49. The Balaban J connectivity index is 1.98. The average Bonchev–Trinajstić information content (AvgIpc) is 2.87. The van der Waals surface area contributed by atoms with Crippen LogP contribution in [0.1, 0.15) is 26.7 Å². The van der Waals surface area contributed by atoms with Crippen LogP contribution in [0.5, 0.6) is 0 Å². The number of rotatable bonds is 2. The van der Waals surface area contributed by atoms with Gasteiger partial charge in [0.2, 0.25) is 0 Å². The van der Waals surface area contributed by atoms with E-state index in [4.69, 9.17) is 14.2 Å². The van der Waals surface area contributed by atoms with Crippen molar-refractivity contribution in [3.8, 4) is 0 Å². The van der Waals surface area contributed by atoms with E-state index in [1.165, 1.54) is 6.92 Å². The molecule has 0 N–H and O–H groups in total. The molecule has 3 heterocycles. The lowest BCUT2D eigenvalue weighted by Crippen LogP contribution is -2.53. The molecule has 3 fully saturated rings. The number of cyclic esters (lactones) is 2. The molecule has 0 aliphatic carbocycles. The molecular weight excluding hydrogens is 240 g/mol. The Morgan fingerprint density at radius 2 is 2.22 bits per heavy atom. The first kappa shape index (κ1) is 11.6. The summed E-state index contributed by atoms with van der Waals surface area (Å²) in [4.78, 5) is 34.6. The first-order valence-electron chi connectivity index (χ1n) is 5.98. The van der Waals surface area contributed by atoms with Crippen molar-refractivity contribution >= 4 is 17.9 Å². The maximum absolute atomic E-state index is 12.0. The minimum Gasteiger partial charge on any atom is -0.463 e. The molecule has 98 valence electrons. The van der Waals surface area contributed by atoms with E-state index < -0.39 is 34.8 Å². The third-order valence-corrected chi connectivity index (χ3v) is 4.53. The summed E-state index contributed by atoms with van der Waals surface area (Å²) in [6.07, 6.45) is 0.981. The molecule has 0 saturated carbocycles. The van der Waals surface area contributed by atoms with E-state index in [-0.39, 0.29) is 12.7 Å². The maximum Gasteiger partial charge on any atom is 0.323 e. The maximum atomic E-state index is 12.0. The Morgan fingerprint density at radius 1 is 1.50 bits per heavy atom. The number of carbonyl (C=O) groups is 3. The monoisotopic (exact) mass is 254 g/mol. The van der Waals surface area contributed by atoms with Crippen LogP contribution in [-0.2, 0) is 28.6 Å². The molecule has 0 radical (unpaired) electrons. The van der Waals surface area contributed by atoms with Crippen LogP contribution in [0.3, 0.4) is 0 Å². The summed E-state index contributed by atoms with van der Waals surface area (Å²) < 4.78 is 15.6. The summed E-state index contributed by atoms with van der Waals surface area (Å²) in [6, 6.07) is 0. The van der Waals surface area contributed by atoms with Crippen LogP contribution in [0.15, 0.2) is 0 Å². The molecule has 2 bridgehead atoms. The van der Waals surface area contributed by atoms with Gasteiger partial charge >= 0.3 is 17.9 Å². The smallest absolute Gasteiger partial charge is 0.323 e. The zero-order chi connectivity index (χ0) is 13.1. The zero-order valence-corrected chi connectivity index (χ0v) is 10.2. The molecule has 4 atom stereocenters. The zero-order valence-electron chi connectivity index (χ0n) is 10.2. The van der Waals surface area contributed by atoms with Gasteiger partial charge < -0.3 is 14.2 Å². The number of fused-ring (bicyclic) bond motifs is 5. The van der Waals surface area contributed by atoms with Crippen molar-refractivity contribution in [1.29, 1.82) is 0 Å².